The lowest BCUT2D eigenvalue weighted by molar-refractivity contribution is 0.0735. The van der Waals surface area contributed by atoms with Crippen LogP contribution in [0.25, 0.3) is 11.1 Å². The maximum atomic E-state index is 12.2. The number of carbonyl (C=O) groups excluding carboxylic acids is 1. The summed E-state index contributed by atoms with van der Waals surface area (Å²) >= 11 is 0. The van der Waals surface area contributed by atoms with Crippen molar-refractivity contribution in [3.05, 3.63) is 84.4 Å². The zero-order chi connectivity index (χ0) is 15.4. The molecule has 0 saturated heterocycles. The summed E-state index contributed by atoms with van der Waals surface area (Å²) in [5.41, 5.74) is 8.82. The van der Waals surface area contributed by atoms with Gasteiger partial charge in [-0.15, -0.1) is 0 Å². The number of hydrogen-bond acceptors (Lipinski definition) is 3. The van der Waals surface area contributed by atoms with Crippen molar-refractivity contribution < 1.29 is 9.53 Å². The Morgan fingerprint density at radius 3 is 2.05 bits per heavy atom. The molecule has 0 spiro atoms. The van der Waals surface area contributed by atoms with Crippen LogP contribution in [0, 0.1) is 0 Å². The van der Waals surface area contributed by atoms with Crippen molar-refractivity contribution in [2.75, 3.05) is 5.73 Å². The number of hydrogen-bond donors (Lipinski definition) is 1. The number of para-hydroxylation sites is 2. The van der Waals surface area contributed by atoms with Gasteiger partial charge in [-0.2, -0.15) is 0 Å². The quantitative estimate of drug-likeness (QED) is 0.447. The summed E-state index contributed by atoms with van der Waals surface area (Å²) in [7, 11) is 0. The molecule has 3 rings (SSSR count). The average molecular weight is 289 g/mol. The van der Waals surface area contributed by atoms with Crippen molar-refractivity contribution in [3.8, 4) is 16.9 Å². The van der Waals surface area contributed by atoms with Crippen LogP contribution >= 0.6 is 0 Å². The molecule has 0 saturated carbocycles. The lowest BCUT2D eigenvalue weighted by Gasteiger charge is -2.12. The van der Waals surface area contributed by atoms with E-state index >= 15 is 0 Å². The molecule has 22 heavy (non-hydrogen) atoms. The molecule has 3 aromatic rings. The van der Waals surface area contributed by atoms with Crippen molar-refractivity contribution in [1.82, 2.24) is 0 Å². The fourth-order valence-corrected chi connectivity index (χ4v) is 2.25. The van der Waals surface area contributed by atoms with Gasteiger partial charge in [-0.3, -0.25) is 0 Å². The molecular weight excluding hydrogens is 274 g/mol. The number of anilines is 1. The Kier molecular flexibility index (Phi) is 3.88. The minimum atomic E-state index is -0.387. The van der Waals surface area contributed by atoms with Crippen LogP contribution in [-0.2, 0) is 0 Å². The van der Waals surface area contributed by atoms with Gasteiger partial charge < -0.3 is 10.5 Å². The molecule has 0 heterocycles. The van der Waals surface area contributed by atoms with Gasteiger partial charge in [0.05, 0.1) is 5.56 Å². The average Bonchev–Trinajstić information content (AvgIpc) is 2.57. The maximum absolute atomic E-state index is 12.2. The van der Waals surface area contributed by atoms with Gasteiger partial charge in [0.15, 0.2) is 0 Å². The second kappa shape index (κ2) is 6.14. The molecule has 0 atom stereocenters. The van der Waals surface area contributed by atoms with E-state index in [0.29, 0.717) is 17.0 Å². The zero-order valence-corrected chi connectivity index (χ0v) is 11.9. The summed E-state index contributed by atoms with van der Waals surface area (Å²) < 4.78 is 5.55. The van der Waals surface area contributed by atoms with Crippen LogP contribution in [0.4, 0.5) is 5.69 Å². The molecule has 0 aliphatic heterocycles. The van der Waals surface area contributed by atoms with Gasteiger partial charge in [0.25, 0.3) is 0 Å². The van der Waals surface area contributed by atoms with Crippen LogP contribution in [0.1, 0.15) is 10.4 Å². The first-order chi connectivity index (χ1) is 10.8. The van der Waals surface area contributed by atoms with E-state index < -0.39 is 0 Å². The van der Waals surface area contributed by atoms with Gasteiger partial charge in [0.2, 0.25) is 0 Å². The Bertz CT molecular complexity index is 797. The molecule has 3 heteroatoms. The highest BCUT2D eigenvalue weighted by Gasteiger charge is 2.13. The molecule has 0 aliphatic rings. The van der Waals surface area contributed by atoms with Crippen LogP contribution in [0.3, 0.4) is 0 Å². The summed E-state index contributed by atoms with van der Waals surface area (Å²) in [4.78, 5) is 12.2. The molecule has 0 aliphatic carbocycles. The minimum absolute atomic E-state index is 0.387. The van der Waals surface area contributed by atoms with E-state index in [1.54, 1.807) is 30.3 Å². The third-order valence-electron chi connectivity index (χ3n) is 3.35. The topological polar surface area (TPSA) is 52.3 Å². The molecule has 0 radical (unpaired) electrons. The SMILES string of the molecule is Nc1ccccc1-c1ccccc1OC(=O)c1ccccc1. The molecule has 3 aromatic carbocycles. The van der Waals surface area contributed by atoms with Gasteiger partial charge in [-0.05, 0) is 24.3 Å². The summed E-state index contributed by atoms with van der Waals surface area (Å²) in [6.07, 6.45) is 0. The van der Waals surface area contributed by atoms with E-state index in [2.05, 4.69) is 0 Å². The summed E-state index contributed by atoms with van der Waals surface area (Å²) in [5, 5.41) is 0. The van der Waals surface area contributed by atoms with Crippen molar-refractivity contribution >= 4 is 11.7 Å². The lowest BCUT2D eigenvalue weighted by atomic mass is 10.0. The first-order valence-electron chi connectivity index (χ1n) is 6.97. The van der Waals surface area contributed by atoms with Crippen molar-refractivity contribution in [2.45, 2.75) is 0 Å². The highest BCUT2D eigenvalue weighted by Crippen LogP contribution is 2.33. The fraction of sp³-hybridized carbons (Fsp3) is 0. The van der Waals surface area contributed by atoms with E-state index in [1.165, 1.54) is 0 Å². The standard InChI is InChI=1S/C19H15NO2/c20-17-12-6-4-10-15(17)16-11-5-7-13-18(16)22-19(21)14-8-2-1-3-9-14/h1-13H,20H2. The van der Waals surface area contributed by atoms with Gasteiger partial charge in [0, 0.05) is 16.8 Å². The molecule has 0 aromatic heterocycles. The Labute approximate surface area is 129 Å². The lowest BCUT2D eigenvalue weighted by Crippen LogP contribution is -2.09. The van der Waals surface area contributed by atoms with Crippen LogP contribution in [0.5, 0.6) is 5.75 Å². The summed E-state index contributed by atoms with van der Waals surface area (Å²) in [6, 6.07) is 23.8. The number of esters is 1. The normalized spacial score (nSPS) is 10.2. The minimum Gasteiger partial charge on any atom is -0.422 e. The number of nitrogens with two attached hydrogens (primary N) is 1. The van der Waals surface area contributed by atoms with Crippen LogP contribution < -0.4 is 10.5 Å². The smallest absolute Gasteiger partial charge is 0.343 e. The predicted octanol–water partition coefficient (Wildman–Crippen LogP) is 4.16. The Morgan fingerprint density at radius 2 is 1.32 bits per heavy atom. The van der Waals surface area contributed by atoms with Crippen molar-refractivity contribution in [2.24, 2.45) is 0 Å². The largest absolute Gasteiger partial charge is 0.422 e. The second-order valence-electron chi connectivity index (χ2n) is 4.84. The number of nitrogen functional groups attached to an aromatic ring is 1. The molecule has 0 amide bonds. The summed E-state index contributed by atoms with van der Waals surface area (Å²) in [5.74, 6) is 0.108. The predicted molar refractivity (Wildman–Crippen MR) is 87.7 cm³/mol. The van der Waals surface area contributed by atoms with Crippen molar-refractivity contribution in [3.63, 3.8) is 0 Å². The van der Waals surface area contributed by atoms with Gasteiger partial charge in [0.1, 0.15) is 5.75 Å². The van der Waals surface area contributed by atoms with Crippen LogP contribution in [0.2, 0.25) is 0 Å². The molecule has 2 N–H and O–H groups in total. The molecular formula is C19H15NO2. The van der Waals surface area contributed by atoms with E-state index in [1.807, 2.05) is 48.5 Å². The highest BCUT2D eigenvalue weighted by molar-refractivity contribution is 5.92. The Morgan fingerprint density at radius 1 is 0.727 bits per heavy atom. The van der Waals surface area contributed by atoms with E-state index in [0.717, 1.165) is 11.1 Å². The number of benzene rings is 3. The van der Waals surface area contributed by atoms with E-state index in [9.17, 15) is 4.79 Å². The Hall–Kier alpha value is -3.07. The fourth-order valence-electron chi connectivity index (χ4n) is 2.25. The first-order valence-corrected chi connectivity index (χ1v) is 6.97. The van der Waals surface area contributed by atoms with Crippen LogP contribution in [-0.4, -0.2) is 5.97 Å². The number of carbonyl (C=O) groups is 1. The van der Waals surface area contributed by atoms with Crippen LogP contribution in [0.15, 0.2) is 78.9 Å². The van der Waals surface area contributed by atoms with Gasteiger partial charge in [-0.25, -0.2) is 4.79 Å². The second-order valence-corrected chi connectivity index (χ2v) is 4.84. The third-order valence-corrected chi connectivity index (χ3v) is 3.35. The van der Waals surface area contributed by atoms with E-state index in [4.69, 9.17) is 10.5 Å². The Balaban J connectivity index is 1.96. The molecule has 0 fully saturated rings. The number of ether oxygens (including phenoxy) is 1. The monoisotopic (exact) mass is 289 g/mol. The maximum Gasteiger partial charge on any atom is 0.343 e. The molecule has 3 nitrogen and oxygen atoms in total. The van der Waals surface area contributed by atoms with Gasteiger partial charge in [-0.1, -0.05) is 54.6 Å². The third kappa shape index (κ3) is 2.83. The summed E-state index contributed by atoms with van der Waals surface area (Å²) in [6.45, 7) is 0. The highest BCUT2D eigenvalue weighted by atomic mass is 16.5. The molecule has 108 valence electrons. The van der Waals surface area contributed by atoms with Crippen molar-refractivity contribution in [1.29, 1.82) is 0 Å². The van der Waals surface area contributed by atoms with E-state index in [-0.39, 0.29) is 5.97 Å². The molecule has 0 unspecified atom stereocenters. The first kappa shape index (κ1) is 13.9. The number of rotatable bonds is 3. The van der Waals surface area contributed by atoms with Gasteiger partial charge >= 0.3 is 5.97 Å². The zero-order valence-electron chi connectivity index (χ0n) is 11.9. The molecule has 0 bridgehead atoms.